The molecule has 0 aliphatic carbocycles. The molecule has 1 saturated heterocycles. The van der Waals surface area contributed by atoms with Crippen LogP contribution >= 0.6 is 15.9 Å². The third-order valence-electron chi connectivity index (χ3n) is 4.76. The highest BCUT2D eigenvalue weighted by Gasteiger charge is 2.51. The maximum absolute atomic E-state index is 13.1. The van der Waals surface area contributed by atoms with E-state index < -0.39 is 17.5 Å². The molecule has 1 atom stereocenters. The van der Waals surface area contributed by atoms with Crippen molar-refractivity contribution in [1.29, 1.82) is 0 Å². The van der Waals surface area contributed by atoms with Gasteiger partial charge in [-0.2, -0.15) is 0 Å². The second kappa shape index (κ2) is 7.52. The van der Waals surface area contributed by atoms with Crippen molar-refractivity contribution in [1.82, 2.24) is 10.2 Å². The largest absolute Gasteiger partial charge is 0.497 e. The van der Waals surface area contributed by atoms with Gasteiger partial charge >= 0.3 is 6.03 Å². The van der Waals surface area contributed by atoms with Gasteiger partial charge in [-0.25, -0.2) is 4.79 Å². The average molecular weight is 431 g/mol. The number of Topliss-reactive ketones (excluding diaryl/α,β-unsaturated/α-hetero) is 1. The van der Waals surface area contributed by atoms with Gasteiger partial charge in [0.15, 0.2) is 5.78 Å². The lowest BCUT2D eigenvalue weighted by molar-refractivity contribution is -0.131. The molecule has 1 aliphatic rings. The molecular weight excluding hydrogens is 412 g/mol. The summed E-state index contributed by atoms with van der Waals surface area (Å²) in [5, 5.41) is 2.77. The molecule has 3 rings (SSSR count). The first-order chi connectivity index (χ1) is 12.9. The van der Waals surface area contributed by atoms with Gasteiger partial charge in [-0.3, -0.25) is 14.5 Å². The fourth-order valence-corrected chi connectivity index (χ4v) is 3.42. The molecule has 1 aliphatic heterocycles. The number of nitrogens with zero attached hydrogens (tertiary/aromatic N) is 1. The Morgan fingerprint density at radius 1 is 1.11 bits per heavy atom. The molecule has 27 heavy (non-hydrogen) atoms. The minimum atomic E-state index is -1.18. The number of rotatable bonds is 6. The topological polar surface area (TPSA) is 75.7 Å². The van der Waals surface area contributed by atoms with Gasteiger partial charge in [0.25, 0.3) is 5.91 Å². The molecule has 0 aromatic heterocycles. The van der Waals surface area contributed by atoms with Crippen LogP contribution in [0.5, 0.6) is 5.75 Å². The molecule has 3 amide bonds. The second-order valence-corrected chi connectivity index (χ2v) is 7.15. The summed E-state index contributed by atoms with van der Waals surface area (Å²) in [7, 11) is 1.56. The van der Waals surface area contributed by atoms with Gasteiger partial charge in [-0.05, 0) is 36.2 Å². The number of benzene rings is 2. The minimum absolute atomic E-state index is 0.298. The van der Waals surface area contributed by atoms with Crippen molar-refractivity contribution < 1.29 is 19.1 Å². The van der Waals surface area contributed by atoms with Crippen molar-refractivity contribution in [2.75, 3.05) is 13.7 Å². The number of methoxy groups -OCH3 is 1. The lowest BCUT2D eigenvalue weighted by atomic mass is 9.87. The monoisotopic (exact) mass is 430 g/mol. The van der Waals surface area contributed by atoms with Gasteiger partial charge in [-0.15, -0.1) is 0 Å². The van der Waals surface area contributed by atoms with Crippen LogP contribution in [0.4, 0.5) is 4.79 Å². The number of nitrogens with one attached hydrogen (secondary N) is 1. The first-order valence-corrected chi connectivity index (χ1v) is 9.28. The Bertz CT molecular complexity index is 880. The summed E-state index contributed by atoms with van der Waals surface area (Å²) in [6.07, 6.45) is 0.368. The van der Waals surface area contributed by atoms with E-state index in [0.29, 0.717) is 23.3 Å². The van der Waals surface area contributed by atoms with Crippen LogP contribution in [0.1, 0.15) is 29.3 Å². The maximum atomic E-state index is 13.1. The Hall–Kier alpha value is -2.67. The van der Waals surface area contributed by atoms with E-state index in [9.17, 15) is 14.4 Å². The third kappa shape index (κ3) is 3.47. The SMILES string of the molecule is CCC1(c2ccc(OC)cc2)NC(=O)N(CC(=O)c2ccc(Br)cc2)C1=O. The molecule has 140 valence electrons. The lowest BCUT2D eigenvalue weighted by Crippen LogP contribution is -2.43. The predicted molar refractivity (Wildman–Crippen MR) is 104 cm³/mol. The molecule has 1 unspecified atom stereocenters. The molecule has 2 aromatic rings. The van der Waals surface area contributed by atoms with E-state index in [1.807, 2.05) is 6.92 Å². The van der Waals surface area contributed by atoms with Crippen molar-refractivity contribution in [2.24, 2.45) is 0 Å². The Labute approximate surface area is 165 Å². The lowest BCUT2D eigenvalue weighted by Gasteiger charge is -2.26. The van der Waals surface area contributed by atoms with E-state index in [1.165, 1.54) is 0 Å². The van der Waals surface area contributed by atoms with E-state index in [4.69, 9.17) is 4.74 Å². The van der Waals surface area contributed by atoms with Crippen LogP contribution in [0.15, 0.2) is 53.0 Å². The van der Waals surface area contributed by atoms with Gasteiger partial charge in [0.2, 0.25) is 0 Å². The number of urea groups is 1. The fraction of sp³-hybridized carbons (Fsp3) is 0.250. The number of ether oxygens (including phenoxy) is 1. The number of hydrogen-bond donors (Lipinski definition) is 1. The molecule has 7 heteroatoms. The van der Waals surface area contributed by atoms with Crippen molar-refractivity contribution in [3.8, 4) is 5.75 Å². The molecule has 0 spiro atoms. The number of ketones is 1. The quantitative estimate of drug-likeness (QED) is 0.561. The summed E-state index contributed by atoms with van der Waals surface area (Å²) in [5.74, 6) is -0.0673. The standard InChI is InChI=1S/C20H19BrN2O4/c1-3-20(14-6-10-16(27-2)11-7-14)18(25)23(19(26)22-20)12-17(24)13-4-8-15(21)9-5-13/h4-11H,3,12H2,1-2H3,(H,22,26). The van der Waals surface area contributed by atoms with Crippen LogP contribution in [0.2, 0.25) is 0 Å². The Morgan fingerprint density at radius 3 is 2.30 bits per heavy atom. The third-order valence-corrected chi connectivity index (χ3v) is 5.29. The first-order valence-electron chi connectivity index (χ1n) is 8.48. The summed E-state index contributed by atoms with van der Waals surface area (Å²) < 4.78 is 5.99. The van der Waals surface area contributed by atoms with Crippen molar-refractivity contribution in [3.63, 3.8) is 0 Å². The molecule has 2 aromatic carbocycles. The van der Waals surface area contributed by atoms with Crippen LogP contribution in [-0.4, -0.2) is 36.3 Å². The molecule has 1 N–H and O–H groups in total. The maximum Gasteiger partial charge on any atom is 0.325 e. The fourth-order valence-electron chi connectivity index (χ4n) is 3.16. The zero-order valence-electron chi connectivity index (χ0n) is 15.0. The Kier molecular flexibility index (Phi) is 5.32. The molecule has 1 heterocycles. The number of carbonyl (C=O) groups excluding carboxylic acids is 3. The number of carbonyl (C=O) groups is 3. The van der Waals surface area contributed by atoms with Crippen molar-refractivity contribution in [3.05, 3.63) is 64.1 Å². The molecule has 0 radical (unpaired) electrons. The number of halogens is 1. The zero-order valence-corrected chi connectivity index (χ0v) is 16.6. The molecular formula is C20H19BrN2O4. The van der Waals surface area contributed by atoms with Gasteiger partial charge in [0.05, 0.1) is 13.7 Å². The predicted octanol–water partition coefficient (Wildman–Crippen LogP) is 3.50. The van der Waals surface area contributed by atoms with Crippen molar-refractivity contribution in [2.45, 2.75) is 18.9 Å². The highest BCUT2D eigenvalue weighted by Crippen LogP contribution is 2.33. The van der Waals surface area contributed by atoms with Gasteiger partial charge < -0.3 is 10.1 Å². The number of imide groups is 1. The minimum Gasteiger partial charge on any atom is -0.497 e. The zero-order chi connectivity index (χ0) is 19.6. The summed E-state index contributed by atoms with van der Waals surface area (Å²) in [4.78, 5) is 39.1. The molecule has 6 nitrogen and oxygen atoms in total. The van der Waals surface area contributed by atoms with Crippen LogP contribution < -0.4 is 10.1 Å². The summed E-state index contributed by atoms with van der Waals surface area (Å²) in [5.41, 5.74) is -0.0800. The Morgan fingerprint density at radius 2 is 1.74 bits per heavy atom. The second-order valence-electron chi connectivity index (χ2n) is 6.24. The number of amides is 3. The van der Waals surface area contributed by atoms with E-state index in [-0.39, 0.29) is 12.3 Å². The van der Waals surface area contributed by atoms with Gasteiger partial charge in [0, 0.05) is 10.0 Å². The highest BCUT2D eigenvalue weighted by atomic mass is 79.9. The van der Waals surface area contributed by atoms with Crippen LogP contribution in [-0.2, 0) is 10.3 Å². The van der Waals surface area contributed by atoms with E-state index in [0.717, 1.165) is 9.37 Å². The first kappa shape index (κ1) is 19.1. The van der Waals surface area contributed by atoms with E-state index >= 15 is 0 Å². The van der Waals surface area contributed by atoms with E-state index in [1.54, 1.807) is 55.6 Å². The van der Waals surface area contributed by atoms with Crippen LogP contribution in [0.3, 0.4) is 0 Å². The van der Waals surface area contributed by atoms with Crippen molar-refractivity contribution >= 4 is 33.7 Å². The normalized spacial score (nSPS) is 19.1. The number of hydrogen-bond acceptors (Lipinski definition) is 4. The average Bonchev–Trinajstić information content (AvgIpc) is 2.93. The smallest absolute Gasteiger partial charge is 0.325 e. The van der Waals surface area contributed by atoms with Crippen LogP contribution in [0, 0.1) is 0 Å². The summed E-state index contributed by atoms with van der Waals surface area (Å²) >= 11 is 3.31. The highest BCUT2D eigenvalue weighted by molar-refractivity contribution is 9.10. The Balaban J connectivity index is 1.86. The summed E-state index contributed by atoms with van der Waals surface area (Å²) in [6, 6.07) is 13.2. The van der Waals surface area contributed by atoms with Crippen LogP contribution in [0.25, 0.3) is 0 Å². The van der Waals surface area contributed by atoms with E-state index in [2.05, 4.69) is 21.2 Å². The van der Waals surface area contributed by atoms with Gasteiger partial charge in [0.1, 0.15) is 11.3 Å². The molecule has 1 fully saturated rings. The molecule has 0 saturated carbocycles. The summed E-state index contributed by atoms with van der Waals surface area (Å²) in [6.45, 7) is 1.52. The van der Waals surface area contributed by atoms with Gasteiger partial charge in [-0.1, -0.05) is 47.1 Å². The molecule has 0 bridgehead atoms.